The molecule has 1 amide bonds. The van der Waals surface area contributed by atoms with Crippen molar-refractivity contribution in [1.29, 1.82) is 0 Å². The molecule has 0 aliphatic carbocycles. The summed E-state index contributed by atoms with van der Waals surface area (Å²) in [5.74, 6) is 2.72. The number of nitrogens with one attached hydrogen (secondary N) is 1. The van der Waals surface area contributed by atoms with Gasteiger partial charge in [0.2, 0.25) is 0 Å². The van der Waals surface area contributed by atoms with Crippen molar-refractivity contribution in [2.45, 2.75) is 71.9 Å². The Morgan fingerprint density at radius 3 is 2.51 bits per heavy atom. The average Bonchev–Trinajstić information content (AvgIpc) is 3.75. The molecule has 2 saturated heterocycles. The molecule has 0 saturated carbocycles. The maximum absolute atomic E-state index is 14.0. The van der Waals surface area contributed by atoms with Crippen LogP contribution in [0.5, 0.6) is 11.5 Å². The number of aryl methyl sites for hydroxylation is 1. The molecule has 11 heteroatoms. The molecule has 6 rings (SSSR count). The summed E-state index contributed by atoms with van der Waals surface area (Å²) in [4.78, 5) is 35.7. The zero-order chi connectivity index (χ0) is 31.7. The monoisotopic (exact) mass is 619 g/mol. The Labute approximate surface area is 263 Å². The number of pyridine rings is 1. The van der Waals surface area contributed by atoms with Crippen LogP contribution in [0.4, 0.5) is 4.79 Å². The van der Waals surface area contributed by atoms with Crippen LogP contribution in [0.2, 0.25) is 0 Å². The molecular formula is C34H45N5O6. The standard InChI is InChI=1S/C34H45N5O6/c1-22-9-10-26(44-22)31-29-30(36-39(32(29)40)21-23-11-16-38(17-12-23)33(41)45-34(2,3)4)24-19-27(42-5)28(20-25(24)35-31)43-18-8-15-37-13-6-7-14-37/h9-10,19-20,23,36H,6-8,11-18,21H2,1-5H3. The molecule has 5 heterocycles. The van der Waals surface area contributed by atoms with Gasteiger partial charge in [0.1, 0.15) is 17.1 Å². The van der Waals surface area contributed by atoms with Gasteiger partial charge in [0.25, 0.3) is 5.56 Å². The van der Waals surface area contributed by atoms with E-state index in [1.54, 1.807) is 16.7 Å². The minimum absolute atomic E-state index is 0.153. The van der Waals surface area contributed by atoms with Gasteiger partial charge >= 0.3 is 6.09 Å². The van der Waals surface area contributed by atoms with Gasteiger partial charge < -0.3 is 28.4 Å². The van der Waals surface area contributed by atoms with Crippen LogP contribution in [0, 0.1) is 12.8 Å². The fourth-order valence-corrected chi connectivity index (χ4v) is 6.42. The number of aromatic amines is 1. The molecule has 1 aromatic carbocycles. The number of nitrogens with zero attached hydrogens (tertiary/aromatic N) is 4. The van der Waals surface area contributed by atoms with Crippen LogP contribution >= 0.6 is 0 Å². The Kier molecular flexibility index (Phi) is 8.81. The van der Waals surface area contributed by atoms with Crippen molar-refractivity contribution in [1.82, 2.24) is 24.6 Å². The molecule has 11 nitrogen and oxygen atoms in total. The lowest BCUT2D eigenvalue weighted by molar-refractivity contribution is 0.0177. The normalized spacial score (nSPS) is 16.6. The van der Waals surface area contributed by atoms with Crippen LogP contribution < -0.4 is 15.0 Å². The summed E-state index contributed by atoms with van der Waals surface area (Å²) in [7, 11) is 1.63. The third-order valence-electron chi connectivity index (χ3n) is 8.73. The molecule has 0 unspecified atom stereocenters. The second-order valence-corrected chi connectivity index (χ2v) is 13.3. The average molecular weight is 620 g/mol. The first kappa shape index (κ1) is 31.0. The number of hydrogen-bond donors (Lipinski definition) is 1. The number of rotatable bonds is 9. The molecule has 4 aromatic rings. The van der Waals surface area contributed by atoms with Crippen molar-refractivity contribution >= 4 is 27.9 Å². The highest BCUT2D eigenvalue weighted by molar-refractivity contribution is 6.09. The van der Waals surface area contributed by atoms with Crippen LogP contribution in [-0.4, -0.2) is 82.7 Å². The Morgan fingerprint density at radius 1 is 1.09 bits per heavy atom. The fraction of sp³-hybridized carbons (Fsp3) is 0.559. The van der Waals surface area contributed by atoms with Gasteiger partial charge in [-0.25, -0.2) is 9.78 Å². The quantitative estimate of drug-likeness (QED) is 0.228. The first-order chi connectivity index (χ1) is 21.6. The number of piperidine rings is 1. The number of likely N-dealkylation sites (tertiary alicyclic amines) is 2. The summed E-state index contributed by atoms with van der Waals surface area (Å²) >= 11 is 0. The Hall–Kier alpha value is -3.99. The molecule has 3 aromatic heterocycles. The lowest BCUT2D eigenvalue weighted by Crippen LogP contribution is -2.42. The topological polar surface area (TPSA) is 115 Å². The number of furan rings is 1. The molecule has 2 fully saturated rings. The lowest BCUT2D eigenvalue weighted by Gasteiger charge is -2.33. The number of carbonyl (C=O) groups excluding carboxylic acids is 1. The van der Waals surface area contributed by atoms with Crippen molar-refractivity contribution in [3.05, 3.63) is 40.4 Å². The molecule has 45 heavy (non-hydrogen) atoms. The van der Waals surface area contributed by atoms with Crippen LogP contribution in [0.3, 0.4) is 0 Å². The van der Waals surface area contributed by atoms with Crippen molar-refractivity contribution < 1.29 is 23.4 Å². The molecule has 1 N–H and O–H groups in total. The first-order valence-electron chi connectivity index (χ1n) is 16.1. The third kappa shape index (κ3) is 6.83. The molecular weight excluding hydrogens is 574 g/mol. The van der Waals surface area contributed by atoms with E-state index in [1.807, 2.05) is 52.0 Å². The number of benzene rings is 1. The Balaban J connectivity index is 1.29. The van der Waals surface area contributed by atoms with Gasteiger partial charge in [0.05, 0.1) is 30.1 Å². The summed E-state index contributed by atoms with van der Waals surface area (Å²) in [5.41, 5.74) is 1.17. The number of methoxy groups -OCH3 is 1. The predicted octanol–water partition coefficient (Wildman–Crippen LogP) is 5.97. The van der Waals surface area contributed by atoms with Crippen LogP contribution in [-0.2, 0) is 11.3 Å². The summed E-state index contributed by atoms with van der Waals surface area (Å²) in [6, 6.07) is 7.52. The van der Waals surface area contributed by atoms with Gasteiger partial charge in [-0.2, -0.15) is 0 Å². The summed E-state index contributed by atoms with van der Waals surface area (Å²) in [6.07, 6.45) is 4.73. The number of amides is 1. The van der Waals surface area contributed by atoms with Crippen LogP contribution in [0.15, 0.2) is 33.5 Å². The van der Waals surface area contributed by atoms with E-state index in [0.717, 1.165) is 50.0 Å². The van der Waals surface area contributed by atoms with Crippen LogP contribution in [0.25, 0.3) is 33.3 Å². The smallest absolute Gasteiger partial charge is 0.410 e. The Morgan fingerprint density at radius 2 is 1.84 bits per heavy atom. The largest absolute Gasteiger partial charge is 0.493 e. The second-order valence-electron chi connectivity index (χ2n) is 13.3. The van der Waals surface area contributed by atoms with Gasteiger partial charge in [-0.15, -0.1) is 0 Å². The second kappa shape index (κ2) is 12.8. The van der Waals surface area contributed by atoms with Crippen molar-refractivity contribution in [3.63, 3.8) is 0 Å². The van der Waals surface area contributed by atoms with Gasteiger partial charge in [0, 0.05) is 37.6 Å². The number of fused-ring (bicyclic) bond motifs is 3. The third-order valence-corrected chi connectivity index (χ3v) is 8.73. The van der Waals surface area contributed by atoms with Crippen molar-refractivity contribution in [3.8, 4) is 23.0 Å². The molecule has 0 spiro atoms. The van der Waals surface area contributed by atoms with E-state index in [9.17, 15) is 9.59 Å². The zero-order valence-electron chi connectivity index (χ0n) is 27.1. The van der Waals surface area contributed by atoms with E-state index in [-0.39, 0.29) is 17.6 Å². The molecule has 2 aliphatic rings. The van der Waals surface area contributed by atoms with Crippen molar-refractivity contribution in [2.75, 3.05) is 46.4 Å². The number of aromatic nitrogens is 3. The highest BCUT2D eigenvalue weighted by Crippen LogP contribution is 2.37. The first-order valence-corrected chi connectivity index (χ1v) is 16.1. The van der Waals surface area contributed by atoms with Crippen LogP contribution in [0.1, 0.15) is 58.6 Å². The SMILES string of the molecule is COc1cc2c(cc1OCCCN1CCCC1)nc(-c1ccc(C)o1)c1c(=O)n(CC3CCN(C(=O)OC(C)(C)C)CC3)[nH]c12. The van der Waals surface area contributed by atoms with E-state index < -0.39 is 5.60 Å². The van der Waals surface area contributed by atoms with Crippen molar-refractivity contribution in [2.24, 2.45) is 5.92 Å². The highest BCUT2D eigenvalue weighted by atomic mass is 16.6. The minimum atomic E-state index is -0.532. The molecule has 0 radical (unpaired) electrons. The summed E-state index contributed by atoms with van der Waals surface area (Å²) in [5, 5.41) is 4.65. The summed E-state index contributed by atoms with van der Waals surface area (Å²) in [6.45, 7) is 13.1. The van der Waals surface area contributed by atoms with Gasteiger partial charge in [-0.1, -0.05) is 0 Å². The van der Waals surface area contributed by atoms with E-state index >= 15 is 0 Å². The van der Waals surface area contributed by atoms with E-state index in [2.05, 4.69) is 10.00 Å². The molecule has 242 valence electrons. The lowest BCUT2D eigenvalue weighted by atomic mass is 9.97. The van der Waals surface area contributed by atoms with Gasteiger partial charge in [-0.05, 0) is 97.0 Å². The van der Waals surface area contributed by atoms with E-state index in [0.29, 0.717) is 65.6 Å². The van der Waals surface area contributed by atoms with E-state index in [4.69, 9.17) is 23.6 Å². The predicted molar refractivity (Wildman–Crippen MR) is 173 cm³/mol. The molecule has 0 atom stereocenters. The molecule has 0 bridgehead atoms. The summed E-state index contributed by atoms with van der Waals surface area (Å²) < 4.78 is 25.2. The Bertz CT molecular complexity index is 1720. The fourth-order valence-electron chi connectivity index (χ4n) is 6.42. The van der Waals surface area contributed by atoms with E-state index in [1.165, 1.54) is 12.8 Å². The number of H-pyrrole nitrogens is 1. The minimum Gasteiger partial charge on any atom is -0.493 e. The zero-order valence-corrected chi connectivity index (χ0v) is 27.1. The maximum atomic E-state index is 14.0. The highest BCUT2D eigenvalue weighted by Gasteiger charge is 2.28. The number of hydrogen-bond acceptors (Lipinski definition) is 8. The van der Waals surface area contributed by atoms with Gasteiger partial charge in [0.15, 0.2) is 17.3 Å². The molecule has 2 aliphatic heterocycles. The number of carbonyl (C=O) groups is 1. The number of ether oxygens (including phenoxy) is 3. The maximum Gasteiger partial charge on any atom is 0.410 e. The van der Waals surface area contributed by atoms with Gasteiger partial charge in [-0.3, -0.25) is 14.6 Å².